The summed E-state index contributed by atoms with van der Waals surface area (Å²) in [6.45, 7) is 7.00. The van der Waals surface area contributed by atoms with E-state index in [1.807, 2.05) is 0 Å². The molecule has 78 valence electrons. The lowest BCUT2D eigenvalue weighted by atomic mass is 10.1. The van der Waals surface area contributed by atoms with E-state index < -0.39 is 0 Å². The fourth-order valence-electron chi connectivity index (χ4n) is 1.49. The Morgan fingerprint density at radius 1 is 1.62 bits per heavy atom. The zero-order chi connectivity index (χ0) is 8.97. The predicted octanol–water partition coefficient (Wildman–Crippen LogP) is 3.01. The maximum atomic E-state index is 12.8. The second kappa shape index (κ2) is 6.39. The van der Waals surface area contributed by atoms with E-state index in [1.165, 1.54) is 6.42 Å². The van der Waals surface area contributed by atoms with Crippen molar-refractivity contribution in [3.63, 3.8) is 0 Å². The summed E-state index contributed by atoms with van der Waals surface area (Å²) in [6, 6.07) is 0. The highest BCUT2D eigenvalue weighted by Crippen LogP contribution is 2.13. The summed E-state index contributed by atoms with van der Waals surface area (Å²) in [7, 11) is 0. The summed E-state index contributed by atoms with van der Waals surface area (Å²) in [5.41, 5.74) is 0. The molecule has 0 radical (unpaired) electrons. The van der Waals surface area contributed by atoms with Crippen LogP contribution in [0, 0.1) is 5.92 Å². The zero-order valence-electron chi connectivity index (χ0n) is 8.42. The first kappa shape index (κ1) is 12.9. The normalized spacial score (nSPS) is 20.4. The highest BCUT2D eigenvalue weighted by molar-refractivity contribution is 5.85. The lowest BCUT2D eigenvalue weighted by Crippen LogP contribution is -2.32. The van der Waals surface area contributed by atoms with Crippen LogP contribution in [0.4, 0.5) is 4.39 Å². The highest BCUT2D eigenvalue weighted by Gasteiger charge is 2.13. The first-order chi connectivity index (χ1) is 5.72. The third kappa shape index (κ3) is 4.63. The van der Waals surface area contributed by atoms with Crippen LogP contribution in [0.5, 0.6) is 0 Å². The van der Waals surface area contributed by atoms with Gasteiger partial charge in [-0.15, -0.1) is 12.4 Å². The molecule has 0 aliphatic carbocycles. The molecule has 1 rings (SSSR count). The van der Waals surface area contributed by atoms with Crippen LogP contribution >= 0.6 is 12.4 Å². The summed E-state index contributed by atoms with van der Waals surface area (Å²) in [4.78, 5) is 2.20. The van der Waals surface area contributed by atoms with Crippen molar-refractivity contribution in [2.75, 3.05) is 19.6 Å². The van der Waals surface area contributed by atoms with Crippen LogP contribution in [0.15, 0.2) is 11.9 Å². The third-order valence-corrected chi connectivity index (χ3v) is 2.45. The van der Waals surface area contributed by atoms with Gasteiger partial charge in [-0.1, -0.05) is 26.3 Å². The van der Waals surface area contributed by atoms with Crippen LogP contribution in [-0.2, 0) is 0 Å². The van der Waals surface area contributed by atoms with Crippen LogP contribution in [0.25, 0.3) is 0 Å². The standard InChI is InChI=1S/C10H18FN.ClH/c1-3-9(2)7-12-6-4-5-10(11)8-12;/h5,9H,3-4,6-8H2,1-2H3;1H. The lowest BCUT2D eigenvalue weighted by Gasteiger charge is -2.26. The molecule has 0 amide bonds. The third-order valence-electron chi connectivity index (χ3n) is 2.45. The summed E-state index contributed by atoms with van der Waals surface area (Å²) in [5.74, 6) is 0.737. The second-order valence-corrected chi connectivity index (χ2v) is 3.69. The molecule has 1 aliphatic heterocycles. The van der Waals surface area contributed by atoms with Crippen molar-refractivity contribution in [1.82, 2.24) is 4.90 Å². The quantitative estimate of drug-likeness (QED) is 0.688. The summed E-state index contributed by atoms with van der Waals surface area (Å²) in [5, 5.41) is 0. The molecule has 1 aliphatic rings. The van der Waals surface area contributed by atoms with Crippen molar-refractivity contribution in [3.05, 3.63) is 11.9 Å². The van der Waals surface area contributed by atoms with Gasteiger partial charge in [-0.25, -0.2) is 4.39 Å². The number of rotatable bonds is 3. The van der Waals surface area contributed by atoms with Crippen molar-refractivity contribution >= 4 is 12.4 Å². The molecule has 0 spiro atoms. The highest BCUT2D eigenvalue weighted by atomic mass is 35.5. The zero-order valence-corrected chi connectivity index (χ0v) is 9.24. The molecule has 0 aromatic heterocycles. The van der Waals surface area contributed by atoms with E-state index in [2.05, 4.69) is 18.7 Å². The van der Waals surface area contributed by atoms with Gasteiger partial charge in [-0.3, -0.25) is 4.90 Å². The van der Waals surface area contributed by atoms with Gasteiger partial charge in [0.25, 0.3) is 0 Å². The molecular weight excluding hydrogens is 189 g/mol. The molecule has 0 bridgehead atoms. The Labute approximate surface area is 86.4 Å². The van der Waals surface area contributed by atoms with E-state index in [0.29, 0.717) is 12.5 Å². The van der Waals surface area contributed by atoms with Crippen LogP contribution in [-0.4, -0.2) is 24.5 Å². The molecule has 0 aromatic carbocycles. The monoisotopic (exact) mass is 207 g/mol. The summed E-state index contributed by atoms with van der Waals surface area (Å²) >= 11 is 0. The van der Waals surface area contributed by atoms with Gasteiger partial charge in [0.2, 0.25) is 0 Å². The summed E-state index contributed by atoms with van der Waals surface area (Å²) < 4.78 is 12.8. The first-order valence-electron chi connectivity index (χ1n) is 4.79. The Balaban J connectivity index is 0.00000144. The van der Waals surface area contributed by atoms with Crippen molar-refractivity contribution in [2.24, 2.45) is 5.92 Å². The maximum Gasteiger partial charge on any atom is 0.110 e. The van der Waals surface area contributed by atoms with Crippen LogP contribution in [0.1, 0.15) is 26.7 Å². The van der Waals surface area contributed by atoms with Crippen LogP contribution in [0.2, 0.25) is 0 Å². The van der Waals surface area contributed by atoms with Gasteiger partial charge in [0, 0.05) is 19.6 Å². The minimum Gasteiger partial charge on any atom is -0.296 e. The smallest absolute Gasteiger partial charge is 0.110 e. The van der Waals surface area contributed by atoms with E-state index >= 15 is 0 Å². The molecule has 1 atom stereocenters. The number of hydrogen-bond donors (Lipinski definition) is 0. The fraction of sp³-hybridized carbons (Fsp3) is 0.800. The van der Waals surface area contributed by atoms with Crippen molar-refractivity contribution < 1.29 is 4.39 Å². The Kier molecular flexibility index (Phi) is 6.35. The molecule has 3 heteroatoms. The average molecular weight is 208 g/mol. The Morgan fingerprint density at radius 2 is 2.31 bits per heavy atom. The van der Waals surface area contributed by atoms with Gasteiger partial charge in [0.15, 0.2) is 0 Å². The first-order valence-corrected chi connectivity index (χ1v) is 4.79. The van der Waals surface area contributed by atoms with Gasteiger partial charge in [-0.05, 0) is 12.3 Å². The van der Waals surface area contributed by atoms with Gasteiger partial charge < -0.3 is 0 Å². The lowest BCUT2D eigenvalue weighted by molar-refractivity contribution is 0.231. The Bertz CT molecular complexity index is 170. The molecule has 0 fully saturated rings. The summed E-state index contributed by atoms with van der Waals surface area (Å²) in [6.07, 6.45) is 3.76. The van der Waals surface area contributed by atoms with Crippen molar-refractivity contribution in [3.8, 4) is 0 Å². The molecule has 0 aromatic rings. The fourth-order valence-corrected chi connectivity index (χ4v) is 1.49. The number of halogens is 2. The Morgan fingerprint density at radius 3 is 2.85 bits per heavy atom. The topological polar surface area (TPSA) is 3.24 Å². The van der Waals surface area contributed by atoms with E-state index in [9.17, 15) is 4.39 Å². The number of hydrogen-bond acceptors (Lipinski definition) is 1. The minimum atomic E-state index is 0. The molecular formula is C10H19ClFN. The molecule has 0 saturated carbocycles. The molecule has 0 N–H and O–H groups in total. The van der Waals surface area contributed by atoms with Crippen LogP contribution in [0.3, 0.4) is 0 Å². The average Bonchev–Trinajstić information content (AvgIpc) is 2.04. The molecule has 13 heavy (non-hydrogen) atoms. The van der Waals surface area contributed by atoms with E-state index in [0.717, 1.165) is 19.5 Å². The second-order valence-electron chi connectivity index (χ2n) is 3.69. The molecule has 1 nitrogen and oxygen atoms in total. The molecule has 1 unspecified atom stereocenters. The molecule has 0 saturated heterocycles. The van der Waals surface area contributed by atoms with Gasteiger partial charge in [-0.2, -0.15) is 0 Å². The van der Waals surface area contributed by atoms with Crippen LogP contribution < -0.4 is 0 Å². The molecule has 1 heterocycles. The van der Waals surface area contributed by atoms with Gasteiger partial charge in [0.05, 0.1) is 0 Å². The largest absolute Gasteiger partial charge is 0.296 e. The minimum absolute atomic E-state index is 0. The van der Waals surface area contributed by atoms with E-state index in [1.54, 1.807) is 6.08 Å². The van der Waals surface area contributed by atoms with Crippen molar-refractivity contribution in [1.29, 1.82) is 0 Å². The van der Waals surface area contributed by atoms with E-state index in [-0.39, 0.29) is 18.2 Å². The SMILES string of the molecule is CCC(C)CN1CCC=C(F)C1.Cl. The van der Waals surface area contributed by atoms with Gasteiger partial charge in [0.1, 0.15) is 5.83 Å². The van der Waals surface area contributed by atoms with Crippen molar-refractivity contribution in [2.45, 2.75) is 26.7 Å². The predicted molar refractivity (Wildman–Crippen MR) is 57.0 cm³/mol. The number of nitrogens with zero attached hydrogens (tertiary/aromatic N) is 1. The Hall–Kier alpha value is -0.0800. The maximum absolute atomic E-state index is 12.8. The van der Waals surface area contributed by atoms with Gasteiger partial charge >= 0.3 is 0 Å². The van der Waals surface area contributed by atoms with E-state index in [4.69, 9.17) is 0 Å².